The van der Waals surface area contributed by atoms with E-state index in [0.717, 1.165) is 0 Å². The number of aliphatic imine (C=N–C) groups is 1. The molecular weight excluding hydrogens is 260 g/mol. The molecule has 0 heterocycles. The van der Waals surface area contributed by atoms with Gasteiger partial charge in [0.25, 0.3) is 0 Å². The largest absolute Gasteiger partial charge is 0.493 e. The summed E-state index contributed by atoms with van der Waals surface area (Å²) >= 11 is 0. The Morgan fingerprint density at radius 3 is 2.65 bits per heavy atom. The van der Waals surface area contributed by atoms with Crippen molar-refractivity contribution in [1.82, 2.24) is 0 Å². The molecule has 1 rings (SSSR count). The molecule has 0 radical (unpaired) electrons. The average molecular weight is 276 g/mol. The predicted octanol–water partition coefficient (Wildman–Crippen LogP) is 2.54. The molecule has 0 aliphatic carbocycles. The molecule has 0 spiro atoms. The van der Waals surface area contributed by atoms with Crippen LogP contribution in [0.5, 0.6) is 11.5 Å². The van der Waals surface area contributed by atoms with E-state index in [1.165, 1.54) is 20.4 Å². The number of rotatable bonds is 5. The molecular formula is C14H16N2O4. The SMILES string of the molecule is CCOC(=O)N=CC(C#N)c1ccc(OC)c(OC)c1. The highest BCUT2D eigenvalue weighted by molar-refractivity contribution is 5.84. The van der Waals surface area contributed by atoms with Crippen LogP contribution in [0.2, 0.25) is 0 Å². The number of ether oxygens (including phenoxy) is 3. The first-order valence-electron chi connectivity index (χ1n) is 5.98. The Hall–Kier alpha value is -2.55. The zero-order valence-corrected chi connectivity index (χ0v) is 11.6. The molecule has 106 valence electrons. The van der Waals surface area contributed by atoms with Crippen LogP contribution in [0.1, 0.15) is 18.4 Å². The summed E-state index contributed by atoms with van der Waals surface area (Å²) in [6, 6.07) is 7.13. The summed E-state index contributed by atoms with van der Waals surface area (Å²) in [5.74, 6) is 0.407. The maximum absolute atomic E-state index is 11.1. The highest BCUT2D eigenvalue weighted by Crippen LogP contribution is 2.30. The van der Waals surface area contributed by atoms with Gasteiger partial charge in [0.1, 0.15) is 5.92 Å². The molecule has 0 saturated carbocycles. The minimum Gasteiger partial charge on any atom is -0.493 e. The van der Waals surface area contributed by atoms with Crippen LogP contribution in [0.4, 0.5) is 4.79 Å². The Labute approximate surface area is 117 Å². The van der Waals surface area contributed by atoms with E-state index in [2.05, 4.69) is 15.8 Å². The van der Waals surface area contributed by atoms with Crippen molar-refractivity contribution in [1.29, 1.82) is 5.26 Å². The van der Waals surface area contributed by atoms with Crippen LogP contribution in [0.25, 0.3) is 0 Å². The van der Waals surface area contributed by atoms with Crippen molar-refractivity contribution < 1.29 is 19.0 Å². The van der Waals surface area contributed by atoms with Crippen molar-refractivity contribution in [2.24, 2.45) is 4.99 Å². The molecule has 1 atom stereocenters. The van der Waals surface area contributed by atoms with Crippen molar-refractivity contribution in [3.8, 4) is 17.6 Å². The lowest BCUT2D eigenvalue weighted by atomic mass is 10.0. The third kappa shape index (κ3) is 3.99. The Bertz CT molecular complexity index is 534. The van der Waals surface area contributed by atoms with Crippen molar-refractivity contribution in [3.05, 3.63) is 23.8 Å². The van der Waals surface area contributed by atoms with Crippen LogP contribution in [-0.2, 0) is 4.74 Å². The first-order chi connectivity index (χ1) is 9.65. The molecule has 20 heavy (non-hydrogen) atoms. The molecule has 6 heteroatoms. The second kappa shape index (κ2) is 7.79. The summed E-state index contributed by atoms with van der Waals surface area (Å²) in [5.41, 5.74) is 0.651. The predicted molar refractivity (Wildman–Crippen MR) is 73.4 cm³/mol. The van der Waals surface area contributed by atoms with Gasteiger partial charge in [0, 0.05) is 6.21 Å². The average Bonchev–Trinajstić information content (AvgIpc) is 2.47. The number of carbonyl (C=O) groups is 1. The van der Waals surface area contributed by atoms with Gasteiger partial charge in [0.15, 0.2) is 11.5 Å². The topological polar surface area (TPSA) is 80.9 Å². The zero-order chi connectivity index (χ0) is 15.0. The molecule has 1 aromatic rings. The molecule has 0 bridgehead atoms. The van der Waals surface area contributed by atoms with Crippen LogP contribution < -0.4 is 9.47 Å². The van der Waals surface area contributed by atoms with Gasteiger partial charge in [0.2, 0.25) is 0 Å². The van der Waals surface area contributed by atoms with Gasteiger partial charge in [-0.2, -0.15) is 10.3 Å². The first-order valence-corrected chi connectivity index (χ1v) is 5.98. The molecule has 0 N–H and O–H groups in total. The molecule has 0 saturated heterocycles. The summed E-state index contributed by atoms with van der Waals surface area (Å²) in [4.78, 5) is 14.7. The van der Waals surface area contributed by atoms with Crippen molar-refractivity contribution >= 4 is 12.3 Å². The van der Waals surface area contributed by atoms with E-state index in [-0.39, 0.29) is 6.61 Å². The Kier molecular flexibility index (Phi) is 6.04. The fraction of sp³-hybridized carbons (Fsp3) is 0.357. The van der Waals surface area contributed by atoms with E-state index in [1.54, 1.807) is 25.1 Å². The second-order valence-corrected chi connectivity index (χ2v) is 3.70. The van der Waals surface area contributed by atoms with Gasteiger partial charge < -0.3 is 14.2 Å². The first kappa shape index (κ1) is 15.5. The molecule has 1 amide bonds. The third-order valence-corrected chi connectivity index (χ3v) is 2.50. The lowest BCUT2D eigenvalue weighted by Gasteiger charge is -2.10. The van der Waals surface area contributed by atoms with E-state index >= 15 is 0 Å². The summed E-state index contributed by atoms with van der Waals surface area (Å²) in [6.07, 6.45) is 0.535. The standard InChI is InChI=1S/C14H16N2O4/c1-4-20-14(17)16-9-11(8-15)10-5-6-12(18-2)13(7-10)19-3/h5-7,9,11H,4H2,1-3H3. The Morgan fingerprint density at radius 2 is 2.10 bits per heavy atom. The van der Waals surface area contributed by atoms with Crippen molar-refractivity contribution in [3.63, 3.8) is 0 Å². The van der Waals surface area contributed by atoms with Gasteiger partial charge in [-0.1, -0.05) is 6.07 Å². The number of nitrogens with zero attached hydrogens (tertiary/aromatic N) is 2. The van der Waals surface area contributed by atoms with Crippen LogP contribution in [0.15, 0.2) is 23.2 Å². The van der Waals surface area contributed by atoms with Gasteiger partial charge in [-0.3, -0.25) is 0 Å². The molecule has 0 aliphatic heterocycles. The molecule has 1 unspecified atom stereocenters. The minimum absolute atomic E-state index is 0.240. The molecule has 0 fully saturated rings. The van der Waals surface area contributed by atoms with Gasteiger partial charge >= 0.3 is 6.09 Å². The van der Waals surface area contributed by atoms with Crippen LogP contribution >= 0.6 is 0 Å². The number of carbonyl (C=O) groups excluding carboxylic acids is 1. The highest BCUT2D eigenvalue weighted by atomic mass is 16.5. The van der Waals surface area contributed by atoms with E-state index in [0.29, 0.717) is 17.1 Å². The van der Waals surface area contributed by atoms with Crippen LogP contribution in [-0.4, -0.2) is 33.1 Å². The number of hydrogen-bond acceptors (Lipinski definition) is 5. The normalized spacial score (nSPS) is 11.7. The van der Waals surface area contributed by atoms with E-state index in [1.807, 2.05) is 0 Å². The summed E-state index contributed by atoms with van der Waals surface area (Å²) < 4.78 is 14.9. The van der Waals surface area contributed by atoms with Crippen molar-refractivity contribution in [2.45, 2.75) is 12.8 Å². The highest BCUT2D eigenvalue weighted by Gasteiger charge is 2.12. The lowest BCUT2D eigenvalue weighted by molar-refractivity contribution is 0.163. The Balaban J connectivity index is 2.96. The maximum Gasteiger partial charge on any atom is 0.433 e. The molecule has 6 nitrogen and oxygen atoms in total. The number of amides is 1. The summed E-state index contributed by atoms with van der Waals surface area (Å²) in [6.45, 7) is 1.92. The number of nitriles is 1. The van der Waals surface area contributed by atoms with Gasteiger partial charge in [-0.15, -0.1) is 0 Å². The lowest BCUT2D eigenvalue weighted by Crippen LogP contribution is -2.03. The fourth-order valence-corrected chi connectivity index (χ4v) is 1.54. The maximum atomic E-state index is 11.1. The monoisotopic (exact) mass is 276 g/mol. The summed E-state index contributed by atoms with van der Waals surface area (Å²) in [5, 5.41) is 9.15. The molecule has 0 aromatic heterocycles. The Morgan fingerprint density at radius 1 is 1.40 bits per heavy atom. The number of methoxy groups -OCH3 is 2. The fourth-order valence-electron chi connectivity index (χ4n) is 1.54. The quantitative estimate of drug-likeness (QED) is 0.772. The van der Waals surface area contributed by atoms with Gasteiger partial charge in [0.05, 0.1) is 26.9 Å². The van der Waals surface area contributed by atoms with Gasteiger partial charge in [-0.25, -0.2) is 4.79 Å². The molecule has 1 aromatic carbocycles. The zero-order valence-electron chi connectivity index (χ0n) is 11.6. The smallest absolute Gasteiger partial charge is 0.433 e. The second-order valence-electron chi connectivity index (χ2n) is 3.70. The van der Waals surface area contributed by atoms with E-state index in [9.17, 15) is 4.79 Å². The third-order valence-electron chi connectivity index (χ3n) is 2.50. The molecule has 0 aliphatic rings. The van der Waals surface area contributed by atoms with Crippen molar-refractivity contribution in [2.75, 3.05) is 20.8 Å². The van der Waals surface area contributed by atoms with E-state index in [4.69, 9.17) is 14.7 Å². The van der Waals surface area contributed by atoms with Crippen LogP contribution in [0.3, 0.4) is 0 Å². The minimum atomic E-state index is -0.715. The summed E-state index contributed by atoms with van der Waals surface area (Å²) in [7, 11) is 3.04. The number of hydrogen-bond donors (Lipinski definition) is 0. The van der Waals surface area contributed by atoms with Gasteiger partial charge in [-0.05, 0) is 24.6 Å². The van der Waals surface area contributed by atoms with E-state index < -0.39 is 12.0 Å². The van der Waals surface area contributed by atoms with Crippen LogP contribution in [0, 0.1) is 11.3 Å². The number of benzene rings is 1.